The molecule has 2 aliphatic heterocycles. The summed E-state index contributed by atoms with van der Waals surface area (Å²) in [5, 5.41) is 3.35. The van der Waals surface area contributed by atoms with Crippen LogP contribution < -0.4 is 10.0 Å². The lowest BCUT2D eigenvalue weighted by atomic mass is 9.96. The fraction of sp³-hybridized carbons (Fsp3) is 0.444. The largest absolute Gasteiger partial charge is 0.365 e. The molecular weight excluding hydrogens is 366 g/mol. The Morgan fingerprint density at radius 1 is 1.26 bits per heavy atom. The number of likely N-dealkylation sites (tertiary alicyclic amines) is 1. The molecule has 2 aliphatic rings. The molecule has 2 N–H and O–H groups in total. The van der Waals surface area contributed by atoms with Gasteiger partial charge in [-0.1, -0.05) is 12.1 Å². The molecule has 27 heavy (non-hydrogen) atoms. The Labute approximate surface area is 158 Å². The standard InChI is InChI=1S/C18H23N5O3S/c1-14-19-9-13-22(14)10-6-17(24)23-11-7-18(8-12-23)20-15-4-2-3-5-16(15)27(25,26)21-18/h2-5,9,13,20-21H,6-8,10-12H2,1H3. The molecule has 0 radical (unpaired) electrons. The molecular formula is C18H23N5O3S. The third kappa shape index (κ3) is 3.44. The number of aromatic nitrogens is 2. The molecule has 1 aromatic heterocycles. The van der Waals surface area contributed by atoms with Crippen LogP contribution in [0.3, 0.4) is 0 Å². The van der Waals surface area contributed by atoms with E-state index in [0.29, 0.717) is 44.6 Å². The summed E-state index contributed by atoms with van der Waals surface area (Å²) in [6, 6.07) is 6.90. The van der Waals surface area contributed by atoms with Crippen molar-refractivity contribution in [2.45, 2.75) is 43.3 Å². The molecule has 2 aromatic rings. The van der Waals surface area contributed by atoms with Gasteiger partial charge in [-0.3, -0.25) is 4.79 Å². The lowest BCUT2D eigenvalue weighted by Crippen LogP contribution is -2.62. The van der Waals surface area contributed by atoms with Crippen molar-refractivity contribution in [3.8, 4) is 0 Å². The van der Waals surface area contributed by atoms with Crippen molar-refractivity contribution in [2.24, 2.45) is 0 Å². The van der Waals surface area contributed by atoms with Crippen molar-refractivity contribution >= 4 is 21.6 Å². The number of amides is 1. The maximum atomic E-state index is 12.6. The number of hydrogen-bond acceptors (Lipinski definition) is 5. The summed E-state index contributed by atoms with van der Waals surface area (Å²) in [7, 11) is -3.56. The zero-order chi connectivity index (χ0) is 19.1. The van der Waals surface area contributed by atoms with Gasteiger partial charge in [0.15, 0.2) is 0 Å². The zero-order valence-corrected chi connectivity index (χ0v) is 16.0. The van der Waals surface area contributed by atoms with E-state index in [2.05, 4.69) is 15.0 Å². The zero-order valence-electron chi connectivity index (χ0n) is 15.2. The van der Waals surface area contributed by atoms with E-state index in [1.807, 2.05) is 28.7 Å². The minimum Gasteiger partial charge on any atom is -0.365 e. The van der Waals surface area contributed by atoms with Crippen molar-refractivity contribution in [3.05, 3.63) is 42.5 Å². The highest BCUT2D eigenvalue weighted by atomic mass is 32.2. The second-order valence-corrected chi connectivity index (χ2v) is 8.76. The Bertz CT molecular complexity index is 961. The van der Waals surface area contributed by atoms with Gasteiger partial charge >= 0.3 is 0 Å². The molecule has 8 nitrogen and oxygen atoms in total. The van der Waals surface area contributed by atoms with Crippen LogP contribution in [-0.4, -0.2) is 47.5 Å². The van der Waals surface area contributed by atoms with Crippen molar-refractivity contribution in [2.75, 3.05) is 18.4 Å². The van der Waals surface area contributed by atoms with Gasteiger partial charge in [-0.2, -0.15) is 4.72 Å². The number of nitrogens with zero attached hydrogens (tertiary/aromatic N) is 3. The molecule has 9 heteroatoms. The molecule has 1 spiro atoms. The molecule has 1 aromatic carbocycles. The summed E-state index contributed by atoms with van der Waals surface area (Å²) in [6.07, 6.45) is 5.05. The first-order valence-electron chi connectivity index (χ1n) is 9.05. The Balaban J connectivity index is 1.40. The van der Waals surface area contributed by atoms with Gasteiger partial charge in [-0.15, -0.1) is 0 Å². The molecule has 144 valence electrons. The smallest absolute Gasteiger partial charge is 0.244 e. The van der Waals surface area contributed by atoms with Gasteiger partial charge in [0.05, 0.1) is 5.69 Å². The van der Waals surface area contributed by atoms with Gasteiger partial charge in [0, 0.05) is 51.3 Å². The Hall–Kier alpha value is -2.39. The maximum Gasteiger partial charge on any atom is 0.244 e. The minimum atomic E-state index is -3.56. The van der Waals surface area contributed by atoms with Gasteiger partial charge in [-0.05, 0) is 19.1 Å². The Morgan fingerprint density at radius 2 is 2.00 bits per heavy atom. The number of rotatable bonds is 3. The van der Waals surface area contributed by atoms with Crippen LogP contribution in [0, 0.1) is 6.92 Å². The molecule has 0 aliphatic carbocycles. The summed E-state index contributed by atoms with van der Waals surface area (Å²) in [4.78, 5) is 18.8. The molecule has 0 atom stereocenters. The van der Waals surface area contributed by atoms with Gasteiger partial charge < -0.3 is 14.8 Å². The highest BCUT2D eigenvalue weighted by Gasteiger charge is 2.43. The molecule has 0 saturated carbocycles. The van der Waals surface area contributed by atoms with E-state index in [4.69, 9.17) is 0 Å². The van der Waals surface area contributed by atoms with Gasteiger partial charge in [-0.25, -0.2) is 13.4 Å². The number of benzene rings is 1. The third-order valence-electron chi connectivity index (χ3n) is 5.34. The predicted octanol–water partition coefficient (Wildman–Crippen LogP) is 1.30. The number of sulfonamides is 1. The number of fused-ring (bicyclic) bond motifs is 1. The van der Waals surface area contributed by atoms with Crippen molar-refractivity contribution in [1.82, 2.24) is 19.2 Å². The molecule has 0 bridgehead atoms. The average molecular weight is 389 g/mol. The number of anilines is 1. The second kappa shape index (κ2) is 6.65. The molecule has 1 fully saturated rings. The summed E-state index contributed by atoms with van der Waals surface area (Å²) in [5.74, 6) is 0.969. The lowest BCUT2D eigenvalue weighted by molar-refractivity contribution is -0.132. The SMILES string of the molecule is Cc1nccn1CCC(=O)N1CCC2(CC1)Nc1ccccc1S(=O)(=O)N2. The Kier molecular flexibility index (Phi) is 4.43. The van der Waals surface area contributed by atoms with Gasteiger partial charge in [0.2, 0.25) is 15.9 Å². The molecule has 1 saturated heterocycles. The third-order valence-corrected chi connectivity index (χ3v) is 6.93. The minimum absolute atomic E-state index is 0.0806. The van der Waals surface area contributed by atoms with Crippen LogP contribution in [-0.2, 0) is 21.4 Å². The summed E-state index contributed by atoms with van der Waals surface area (Å²) >= 11 is 0. The van der Waals surface area contributed by atoms with E-state index in [0.717, 1.165) is 5.82 Å². The highest BCUT2D eigenvalue weighted by Crippen LogP contribution is 2.34. The number of nitrogens with one attached hydrogen (secondary N) is 2. The second-order valence-electron chi connectivity index (χ2n) is 7.11. The molecule has 3 heterocycles. The number of imidazole rings is 1. The number of para-hydroxylation sites is 1. The first-order valence-corrected chi connectivity index (χ1v) is 10.5. The predicted molar refractivity (Wildman–Crippen MR) is 101 cm³/mol. The van der Waals surface area contributed by atoms with E-state index >= 15 is 0 Å². The normalized spacial score (nSPS) is 20.1. The van der Waals surface area contributed by atoms with E-state index in [1.54, 1.807) is 24.4 Å². The van der Waals surface area contributed by atoms with Gasteiger partial charge in [0.1, 0.15) is 16.4 Å². The summed E-state index contributed by atoms with van der Waals surface area (Å²) < 4.78 is 29.9. The van der Waals surface area contributed by atoms with Crippen molar-refractivity contribution in [3.63, 3.8) is 0 Å². The van der Waals surface area contributed by atoms with Crippen LogP contribution in [0.5, 0.6) is 0 Å². The molecule has 4 rings (SSSR count). The fourth-order valence-electron chi connectivity index (χ4n) is 3.78. The monoisotopic (exact) mass is 389 g/mol. The van der Waals surface area contributed by atoms with Crippen LogP contribution in [0.1, 0.15) is 25.1 Å². The topological polar surface area (TPSA) is 96.3 Å². The fourth-order valence-corrected chi connectivity index (χ4v) is 5.32. The number of carbonyl (C=O) groups excluding carboxylic acids is 1. The van der Waals surface area contributed by atoms with E-state index in [-0.39, 0.29) is 10.8 Å². The number of piperidine rings is 1. The first-order chi connectivity index (χ1) is 12.9. The average Bonchev–Trinajstić information content (AvgIpc) is 3.04. The van der Waals surface area contributed by atoms with Crippen molar-refractivity contribution in [1.29, 1.82) is 0 Å². The number of hydrogen-bond donors (Lipinski definition) is 2. The van der Waals surface area contributed by atoms with Crippen LogP contribution >= 0.6 is 0 Å². The lowest BCUT2D eigenvalue weighted by Gasteiger charge is -2.45. The Morgan fingerprint density at radius 3 is 2.70 bits per heavy atom. The van der Waals surface area contributed by atoms with E-state index < -0.39 is 15.7 Å². The quantitative estimate of drug-likeness (QED) is 0.825. The van der Waals surface area contributed by atoms with Crippen LogP contribution in [0.2, 0.25) is 0 Å². The van der Waals surface area contributed by atoms with Crippen LogP contribution in [0.4, 0.5) is 5.69 Å². The maximum absolute atomic E-state index is 12.6. The molecule has 1 amide bonds. The molecule has 0 unspecified atom stereocenters. The van der Waals surface area contributed by atoms with Crippen LogP contribution in [0.15, 0.2) is 41.6 Å². The van der Waals surface area contributed by atoms with E-state index in [1.165, 1.54) is 0 Å². The van der Waals surface area contributed by atoms with Gasteiger partial charge in [0.25, 0.3) is 0 Å². The number of carbonyl (C=O) groups is 1. The summed E-state index contributed by atoms with van der Waals surface area (Å²) in [6.45, 7) is 3.54. The first kappa shape index (κ1) is 18.0. The number of aryl methyl sites for hydroxylation is 2. The van der Waals surface area contributed by atoms with Crippen LogP contribution in [0.25, 0.3) is 0 Å². The summed E-state index contributed by atoms with van der Waals surface area (Å²) in [5.41, 5.74) is -0.114. The van der Waals surface area contributed by atoms with E-state index in [9.17, 15) is 13.2 Å². The van der Waals surface area contributed by atoms with Crippen molar-refractivity contribution < 1.29 is 13.2 Å². The highest BCUT2D eigenvalue weighted by molar-refractivity contribution is 7.89.